The molecule has 1 fully saturated rings. The summed E-state index contributed by atoms with van der Waals surface area (Å²) < 4.78 is 5.39. The van der Waals surface area contributed by atoms with E-state index in [1.807, 2.05) is 32.0 Å². The van der Waals surface area contributed by atoms with Crippen molar-refractivity contribution >= 4 is 23.5 Å². The van der Waals surface area contributed by atoms with Crippen LogP contribution in [0.15, 0.2) is 18.2 Å². The molecule has 0 spiro atoms. The fraction of sp³-hybridized carbons (Fsp3) is 0.526. The molecule has 2 rings (SSSR count). The number of aryl methyl sites for hydroxylation is 2. The molecule has 1 aromatic rings. The van der Waals surface area contributed by atoms with Gasteiger partial charge in [0.25, 0.3) is 0 Å². The van der Waals surface area contributed by atoms with Crippen molar-refractivity contribution in [2.24, 2.45) is 0 Å². The Balaban J connectivity index is 2.21. The summed E-state index contributed by atoms with van der Waals surface area (Å²) in [5.41, 5.74) is 1.92. The highest BCUT2D eigenvalue weighted by molar-refractivity contribution is 6.01. The first-order valence-electron chi connectivity index (χ1n) is 8.47. The van der Waals surface area contributed by atoms with Crippen molar-refractivity contribution < 1.29 is 19.1 Å². The number of anilines is 1. The maximum atomic E-state index is 12.8. The largest absolute Gasteiger partial charge is 0.444 e. The molecule has 0 bridgehead atoms. The zero-order valence-electron chi connectivity index (χ0n) is 15.5. The predicted molar refractivity (Wildman–Crippen MR) is 95.5 cm³/mol. The lowest BCUT2D eigenvalue weighted by Crippen LogP contribution is -2.53. The SMILES string of the molecule is Cc1cccc(C)c1NC(=O)C1CC(=O)CCN1C(=O)OC(C)(C)C. The number of benzene rings is 1. The summed E-state index contributed by atoms with van der Waals surface area (Å²) >= 11 is 0. The number of amides is 2. The molecular weight excluding hydrogens is 320 g/mol. The van der Waals surface area contributed by atoms with Gasteiger partial charge in [-0.3, -0.25) is 14.5 Å². The number of hydrogen-bond donors (Lipinski definition) is 1. The molecule has 2 amide bonds. The summed E-state index contributed by atoms with van der Waals surface area (Å²) in [6, 6.07) is 4.87. The third-order valence-corrected chi connectivity index (χ3v) is 4.09. The van der Waals surface area contributed by atoms with Crippen LogP contribution in [0.25, 0.3) is 0 Å². The minimum Gasteiger partial charge on any atom is -0.444 e. The number of hydrogen-bond acceptors (Lipinski definition) is 4. The van der Waals surface area contributed by atoms with Gasteiger partial charge in [0.2, 0.25) is 5.91 Å². The monoisotopic (exact) mass is 346 g/mol. The average Bonchev–Trinajstić information content (AvgIpc) is 2.49. The van der Waals surface area contributed by atoms with Crippen LogP contribution in [0, 0.1) is 13.8 Å². The van der Waals surface area contributed by atoms with E-state index in [-0.39, 0.29) is 31.1 Å². The Morgan fingerprint density at radius 3 is 2.36 bits per heavy atom. The van der Waals surface area contributed by atoms with Gasteiger partial charge in [-0.15, -0.1) is 0 Å². The zero-order chi connectivity index (χ0) is 18.8. The van der Waals surface area contributed by atoms with Crippen LogP contribution in [0.3, 0.4) is 0 Å². The molecule has 1 unspecified atom stereocenters. The van der Waals surface area contributed by atoms with Gasteiger partial charge in [0.15, 0.2) is 0 Å². The van der Waals surface area contributed by atoms with Gasteiger partial charge in [-0.25, -0.2) is 4.79 Å². The Morgan fingerprint density at radius 2 is 1.80 bits per heavy atom. The van der Waals surface area contributed by atoms with Crippen molar-refractivity contribution in [2.75, 3.05) is 11.9 Å². The molecule has 1 aliphatic heterocycles. The highest BCUT2D eigenvalue weighted by atomic mass is 16.6. The van der Waals surface area contributed by atoms with Crippen LogP contribution >= 0.6 is 0 Å². The average molecular weight is 346 g/mol. The number of ether oxygens (including phenoxy) is 1. The highest BCUT2D eigenvalue weighted by Gasteiger charge is 2.37. The fourth-order valence-corrected chi connectivity index (χ4v) is 2.82. The Kier molecular flexibility index (Phi) is 5.50. The third-order valence-electron chi connectivity index (χ3n) is 4.09. The minimum atomic E-state index is -0.852. The van der Waals surface area contributed by atoms with E-state index >= 15 is 0 Å². The summed E-state index contributed by atoms with van der Waals surface area (Å²) in [5.74, 6) is -0.391. The molecule has 25 heavy (non-hydrogen) atoms. The lowest BCUT2D eigenvalue weighted by atomic mass is 10.00. The fourth-order valence-electron chi connectivity index (χ4n) is 2.82. The van der Waals surface area contributed by atoms with E-state index in [1.165, 1.54) is 4.90 Å². The van der Waals surface area contributed by atoms with Crippen LogP contribution in [0.4, 0.5) is 10.5 Å². The molecule has 1 aromatic carbocycles. The minimum absolute atomic E-state index is 0.00993. The summed E-state index contributed by atoms with van der Waals surface area (Å²) in [7, 11) is 0. The molecule has 6 heteroatoms. The molecule has 1 N–H and O–H groups in total. The molecule has 0 aliphatic carbocycles. The Labute approximate surface area is 148 Å². The molecular formula is C19H26N2O4. The van der Waals surface area contributed by atoms with E-state index in [0.29, 0.717) is 0 Å². The molecule has 1 aliphatic rings. The molecule has 136 valence electrons. The summed E-state index contributed by atoms with van der Waals surface area (Å²) in [6.45, 7) is 9.31. The summed E-state index contributed by atoms with van der Waals surface area (Å²) in [4.78, 5) is 38.4. The smallest absolute Gasteiger partial charge is 0.410 e. The molecule has 0 saturated carbocycles. The first-order chi connectivity index (χ1) is 11.6. The second-order valence-electron chi connectivity index (χ2n) is 7.44. The van der Waals surface area contributed by atoms with Gasteiger partial charge in [-0.05, 0) is 45.7 Å². The predicted octanol–water partition coefficient (Wildman–Crippen LogP) is 3.21. The number of nitrogens with one attached hydrogen (secondary N) is 1. The van der Waals surface area contributed by atoms with Gasteiger partial charge >= 0.3 is 6.09 Å². The number of para-hydroxylation sites is 1. The quantitative estimate of drug-likeness (QED) is 0.892. The Bertz CT molecular complexity index is 671. The second kappa shape index (κ2) is 7.25. The first kappa shape index (κ1) is 19.0. The van der Waals surface area contributed by atoms with Gasteiger partial charge in [0.05, 0.1) is 0 Å². The van der Waals surface area contributed by atoms with Crippen LogP contribution in [0.1, 0.15) is 44.7 Å². The molecule has 1 heterocycles. The zero-order valence-corrected chi connectivity index (χ0v) is 15.5. The van der Waals surface area contributed by atoms with E-state index in [0.717, 1.165) is 16.8 Å². The van der Waals surface area contributed by atoms with E-state index in [9.17, 15) is 14.4 Å². The molecule has 0 aromatic heterocycles. The van der Waals surface area contributed by atoms with E-state index < -0.39 is 17.7 Å². The van der Waals surface area contributed by atoms with Crippen molar-refractivity contribution in [3.63, 3.8) is 0 Å². The maximum Gasteiger partial charge on any atom is 0.410 e. The number of piperidine rings is 1. The van der Waals surface area contributed by atoms with E-state index in [2.05, 4.69) is 5.32 Å². The maximum absolute atomic E-state index is 12.8. The molecule has 6 nitrogen and oxygen atoms in total. The van der Waals surface area contributed by atoms with Gasteiger partial charge < -0.3 is 10.1 Å². The first-order valence-corrected chi connectivity index (χ1v) is 8.47. The van der Waals surface area contributed by atoms with Crippen molar-refractivity contribution in [1.29, 1.82) is 0 Å². The molecule has 0 radical (unpaired) electrons. The topological polar surface area (TPSA) is 75.7 Å². The van der Waals surface area contributed by atoms with Crippen LogP contribution in [0.2, 0.25) is 0 Å². The summed E-state index contributed by atoms with van der Waals surface area (Å²) in [5, 5.41) is 2.88. The number of likely N-dealkylation sites (tertiary alicyclic amines) is 1. The number of Topliss-reactive ketones (excluding diaryl/α,β-unsaturated/α-hetero) is 1. The van der Waals surface area contributed by atoms with Crippen LogP contribution in [-0.4, -0.2) is 40.9 Å². The van der Waals surface area contributed by atoms with Gasteiger partial charge in [0.1, 0.15) is 17.4 Å². The number of ketones is 1. The second-order valence-corrected chi connectivity index (χ2v) is 7.44. The van der Waals surface area contributed by atoms with Crippen molar-refractivity contribution in [1.82, 2.24) is 4.90 Å². The van der Waals surface area contributed by atoms with Crippen molar-refractivity contribution in [2.45, 2.75) is 59.1 Å². The lowest BCUT2D eigenvalue weighted by Gasteiger charge is -2.35. The third kappa shape index (κ3) is 4.81. The molecule has 1 atom stereocenters. The standard InChI is InChI=1S/C19H26N2O4/c1-12-7-6-8-13(2)16(12)20-17(23)15-11-14(22)9-10-21(15)18(24)25-19(3,4)5/h6-8,15H,9-11H2,1-5H3,(H,20,23). The van der Waals surface area contributed by atoms with Gasteiger partial charge in [-0.2, -0.15) is 0 Å². The van der Waals surface area contributed by atoms with Crippen LogP contribution < -0.4 is 5.32 Å². The summed E-state index contributed by atoms with van der Waals surface area (Å²) in [6.07, 6.45) is -0.316. The van der Waals surface area contributed by atoms with Crippen molar-refractivity contribution in [3.8, 4) is 0 Å². The van der Waals surface area contributed by atoms with Gasteiger partial charge in [-0.1, -0.05) is 18.2 Å². The van der Waals surface area contributed by atoms with Crippen molar-refractivity contribution in [3.05, 3.63) is 29.3 Å². The van der Waals surface area contributed by atoms with E-state index in [1.54, 1.807) is 20.8 Å². The number of carbonyl (C=O) groups is 3. The highest BCUT2D eigenvalue weighted by Crippen LogP contribution is 2.23. The van der Waals surface area contributed by atoms with E-state index in [4.69, 9.17) is 4.74 Å². The van der Waals surface area contributed by atoms with Crippen LogP contribution in [0.5, 0.6) is 0 Å². The number of nitrogens with zero attached hydrogens (tertiary/aromatic N) is 1. The Morgan fingerprint density at radius 1 is 1.20 bits per heavy atom. The lowest BCUT2D eigenvalue weighted by molar-refractivity contribution is -0.130. The normalized spacial score (nSPS) is 18.0. The molecule has 1 saturated heterocycles. The van der Waals surface area contributed by atoms with Crippen LogP contribution in [-0.2, 0) is 14.3 Å². The Hall–Kier alpha value is -2.37. The van der Waals surface area contributed by atoms with Gasteiger partial charge in [0, 0.05) is 25.1 Å². The number of carbonyl (C=O) groups excluding carboxylic acids is 3. The number of rotatable bonds is 2.